The van der Waals surface area contributed by atoms with Crippen molar-refractivity contribution in [2.45, 2.75) is 12.1 Å². The molecular formula is C12H16N4O2S. The van der Waals surface area contributed by atoms with Crippen molar-refractivity contribution in [3.63, 3.8) is 0 Å². The van der Waals surface area contributed by atoms with Crippen molar-refractivity contribution in [1.82, 2.24) is 20.2 Å². The molecule has 0 aliphatic rings. The Labute approximate surface area is 116 Å². The maximum Gasteiger partial charge on any atom is 0.214 e. The van der Waals surface area contributed by atoms with Crippen LogP contribution in [-0.4, -0.2) is 46.8 Å². The molecule has 1 aromatic heterocycles. The van der Waals surface area contributed by atoms with Gasteiger partial charge in [-0.3, -0.25) is 0 Å². The summed E-state index contributed by atoms with van der Waals surface area (Å²) in [6, 6.07) is 5.90. The van der Waals surface area contributed by atoms with Crippen LogP contribution < -0.4 is 4.74 Å². The van der Waals surface area contributed by atoms with E-state index < -0.39 is 0 Å². The third kappa shape index (κ3) is 3.24. The number of ether oxygens (including phenoxy) is 2. The van der Waals surface area contributed by atoms with E-state index in [-0.39, 0.29) is 0 Å². The van der Waals surface area contributed by atoms with Crippen molar-refractivity contribution >= 4 is 11.8 Å². The Morgan fingerprint density at radius 3 is 2.89 bits per heavy atom. The fraction of sp³-hybridized carbons (Fsp3) is 0.417. The van der Waals surface area contributed by atoms with Crippen LogP contribution in [0.3, 0.4) is 0 Å². The molecule has 0 fully saturated rings. The van der Waals surface area contributed by atoms with E-state index in [2.05, 4.69) is 15.5 Å². The molecule has 19 heavy (non-hydrogen) atoms. The van der Waals surface area contributed by atoms with Crippen LogP contribution in [0.15, 0.2) is 23.4 Å². The van der Waals surface area contributed by atoms with Crippen molar-refractivity contribution in [2.24, 2.45) is 0 Å². The lowest BCUT2D eigenvalue weighted by atomic mass is 10.2. The van der Waals surface area contributed by atoms with E-state index in [1.165, 1.54) is 0 Å². The zero-order valence-electron chi connectivity index (χ0n) is 11.2. The summed E-state index contributed by atoms with van der Waals surface area (Å²) in [6.45, 7) is 2.67. The molecule has 2 aromatic rings. The third-order valence-electron chi connectivity index (χ3n) is 2.52. The summed E-state index contributed by atoms with van der Waals surface area (Å²) >= 11 is 1.54. The van der Waals surface area contributed by atoms with Gasteiger partial charge in [-0.25, -0.2) is 0 Å². The maximum absolute atomic E-state index is 5.35. The number of aryl methyl sites for hydroxylation is 1. The first-order chi connectivity index (χ1) is 9.26. The molecule has 0 aliphatic carbocycles. The van der Waals surface area contributed by atoms with Crippen LogP contribution in [-0.2, 0) is 4.74 Å². The number of aromatic nitrogens is 4. The lowest BCUT2D eigenvalue weighted by molar-refractivity contribution is 0.218. The zero-order valence-corrected chi connectivity index (χ0v) is 12.0. The minimum Gasteiger partial charge on any atom is -0.494 e. The molecule has 0 atom stereocenters. The first-order valence-electron chi connectivity index (χ1n) is 5.81. The normalized spacial score (nSPS) is 10.7. The second-order valence-electron chi connectivity index (χ2n) is 3.89. The highest BCUT2D eigenvalue weighted by Crippen LogP contribution is 2.26. The molecule has 0 radical (unpaired) electrons. The van der Waals surface area contributed by atoms with Gasteiger partial charge < -0.3 is 9.47 Å². The first-order valence-corrected chi connectivity index (χ1v) is 6.80. The average molecular weight is 280 g/mol. The maximum atomic E-state index is 5.35. The lowest BCUT2D eigenvalue weighted by Gasteiger charge is -2.10. The van der Waals surface area contributed by atoms with E-state index in [1.54, 1.807) is 30.7 Å². The van der Waals surface area contributed by atoms with Gasteiger partial charge >= 0.3 is 0 Å². The molecule has 0 spiro atoms. The van der Waals surface area contributed by atoms with E-state index in [9.17, 15) is 0 Å². The molecule has 1 aromatic carbocycles. The second kappa shape index (κ2) is 6.53. The summed E-state index contributed by atoms with van der Waals surface area (Å²) in [7, 11) is 3.31. The fourth-order valence-electron chi connectivity index (χ4n) is 1.60. The molecule has 102 valence electrons. The summed E-state index contributed by atoms with van der Waals surface area (Å²) in [5, 5.41) is 12.5. The number of methoxy groups -OCH3 is 2. The molecular weight excluding hydrogens is 264 g/mol. The van der Waals surface area contributed by atoms with E-state index >= 15 is 0 Å². The highest BCUT2D eigenvalue weighted by Gasteiger charge is 2.13. The Balaban J connectivity index is 2.31. The summed E-state index contributed by atoms with van der Waals surface area (Å²) in [5.41, 5.74) is 1.96. The van der Waals surface area contributed by atoms with Gasteiger partial charge in [0.05, 0.1) is 13.7 Å². The van der Waals surface area contributed by atoms with Gasteiger partial charge in [0.1, 0.15) is 11.4 Å². The second-order valence-corrected chi connectivity index (χ2v) is 4.95. The van der Waals surface area contributed by atoms with Gasteiger partial charge in [0.2, 0.25) is 5.16 Å². The molecule has 0 saturated heterocycles. The number of benzene rings is 1. The van der Waals surface area contributed by atoms with Crippen LogP contribution in [0.25, 0.3) is 5.69 Å². The largest absolute Gasteiger partial charge is 0.494 e. The summed E-state index contributed by atoms with van der Waals surface area (Å²) < 4.78 is 12.1. The van der Waals surface area contributed by atoms with Crippen molar-refractivity contribution in [3.05, 3.63) is 23.8 Å². The number of rotatable bonds is 6. The smallest absolute Gasteiger partial charge is 0.214 e. The van der Waals surface area contributed by atoms with E-state index in [1.807, 2.05) is 25.1 Å². The highest BCUT2D eigenvalue weighted by atomic mass is 32.2. The molecule has 0 bridgehead atoms. The SMILES string of the molecule is COCCSc1nnnn1-c1cc(C)ccc1OC. The zero-order chi connectivity index (χ0) is 13.7. The van der Waals surface area contributed by atoms with Crippen molar-refractivity contribution in [2.75, 3.05) is 26.6 Å². The Morgan fingerprint density at radius 2 is 2.16 bits per heavy atom. The van der Waals surface area contributed by atoms with E-state index in [0.717, 1.165) is 27.9 Å². The number of hydrogen-bond donors (Lipinski definition) is 0. The van der Waals surface area contributed by atoms with Crippen molar-refractivity contribution < 1.29 is 9.47 Å². The molecule has 6 nitrogen and oxygen atoms in total. The van der Waals surface area contributed by atoms with Crippen LogP contribution in [0.2, 0.25) is 0 Å². The fourth-order valence-corrected chi connectivity index (χ4v) is 2.39. The average Bonchev–Trinajstić information content (AvgIpc) is 2.87. The van der Waals surface area contributed by atoms with Gasteiger partial charge in [-0.15, -0.1) is 5.10 Å². The Hall–Kier alpha value is -1.60. The van der Waals surface area contributed by atoms with Gasteiger partial charge in [0.15, 0.2) is 0 Å². The van der Waals surface area contributed by atoms with Gasteiger partial charge in [-0.1, -0.05) is 17.8 Å². The van der Waals surface area contributed by atoms with Crippen LogP contribution in [0, 0.1) is 6.92 Å². The van der Waals surface area contributed by atoms with Crippen molar-refractivity contribution in [1.29, 1.82) is 0 Å². The quantitative estimate of drug-likeness (QED) is 0.593. The standard InChI is InChI=1S/C12H16N4O2S/c1-9-4-5-11(18-3)10(8-9)16-12(13-14-15-16)19-7-6-17-2/h4-5,8H,6-7H2,1-3H3. The predicted molar refractivity (Wildman–Crippen MR) is 73.0 cm³/mol. The van der Waals surface area contributed by atoms with Gasteiger partial charge in [0, 0.05) is 12.9 Å². The predicted octanol–water partition coefficient (Wildman–Crippen LogP) is 1.72. The summed E-state index contributed by atoms with van der Waals surface area (Å²) in [5.74, 6) is 1.54. The Bertz CT molecular complexity index is 544. The van der Waals surface area contributed by atoms with Crippen molar-refractivity contribution in [3.8, 4) is 11.4 Å². The van der Waals surface area contributed by atoms with Crippen LogP contribution >= 0.6 is 11.8 Å². The Kier molecular flexibility index (Phi) is 4.75. The molecule has 0 N–H and O–H groups in total. The van der Waals surface area contributed by atoms with Crippen LogP contribution in [0.1, 0.15) is 5.56 Å². The number of nitrogens with zero attached hydrogens (tertiary/aromatic N) is 4. The highest BCUT2D eigenvalue weighted by molar-refractivity contribution is 7.99. The first kappa shape index (κ1) is 13.8. The molecule has 7 heteroatoms. The monoisotopic (exact) mass is 280 g/mol. The molecule has 1 heterocycles. The van der Waals surface area contributed by atoms with Gasteiger partial charge in [-0.2, -0.15) is 4.68 Å². The number of thioether (sulfide) groups is 1. The summed E-state index contributed by atoms with van der Waals surface area (Å²) in [6.07, 6.45) is 0. The van der Waals surface area contributed by atoms with E-state index in [0.29, 0.717) is 6.61 Å². The molecule has 0 unspecified atom stereocenters. The minimum atomic E-state index is 0.655. The minimum absolute atomic E-state index is 0.655. The molecule has 2 rings (SSSR count). The Morgan fingerprint density at radius 1 is 1.32 bits per heavy atom. The number of tetrazole rings is 1. The van der Waals surface area contributed by atoms with Crippen LogP contribution in [0.4, 0.5) is 0 Å². The van der Waals surface area contributed by atoms with Gasteiger partial charge in [-0.05, 0) is 35.0 Å². The lowest BCUT2D eigenvalue weighted by Crippen LogP contribution is -2.03. The molecule has 0 amide bonds. The molecule has 0 saturated carbocycles. The van der Waals surface area contributed by atoms with Crippen LogP contribution in [0.5, 0.6) is 5.75 Å². The number of hydrogen-bond acceptors (Lipinski definition) is 6. The van der Waals surface area contributed by atoms with Gasteiger partial charge in [0.25, 0.3) is 0 Å². The third-order valence-corrected chi connectivity index (χ3v) is 3.41. The molecule has 0 aliphatic heterocycles. The summed E-state index contributed by atoms with van der Waals surface area (Å²) in [4.78, 5) is 0. The van der Waals surface area contributed by atoms with E-state index in [4.69, 9.17) is 9.47 Å². The topological polar surface area (TPSA) is 62.1 Å².